The molecule has 110 valence electrons. The fourth-order valence-electron chi connectivity index (χ4n) is 2.11. The summed E-state index contributed by atoms with van der Waals surface area (Å²) >= 11 is 3.35. The van der Waals surface area contributed by atoms with Crippen molar-refractivity contribution >= 4 is 28.1 Å². The van der Waals surface area contributed by atoms with Gasteiger partial charge in [0.05, 0.1) is 11.8 Å². The van der Waals surface area contributed by atoms with Crippen LogP contribution in [0.5, 0.6) is 0 Å². The van der Waals surface area contributed by atoms with E-state index in [0.29, 0.717) is 11.6 Å². The average molecular weight is 348 g/mol. The largest absolute Gasteiger partial charge is 0.349 e. The van der Waals surface area contributed by atoms with Gasteiger partial charge >= 0.3 is 0 Å². The molecule has 0 saturated carbocycles. The summed E-state index contributed by atoms with van der Waals surface area (Å²) in [7, 11) is 0. The van der Waals surface area contributed by atoms with Crippen molar-refractivity contribution in [3.63, 3.8) is 0 Å². The van der Waals surface area contributed by atoms with Gasteiger partial charge in [-0.15, -0.1) is 0 Å². The maximum Gasteiger partial charge on any atom is 0.272 e. The first kappa shape index (κ1) is 15.5. The number of benzene rings is 1. The fourth-order valence-corrected chi connectivity index (χ4v) is 2.58. The van der Waals surface area contributed by atoms with Crippen molar-refractivity contribution in [3.05, 3.63) is 57.8 Å². The first-order valence-electron chi connectivity index (χ1n) is 6.75. The van der Waals surface area contributed by atoms with E-state index in [-0.39, 0.29) is 5.91 Å². The van der Waals surface area contributed by atoms with E-state index in [1.165, 1.54) is 5.69 Å². The lowest BCUT2D eigenvalue weighted by Crippen LogP contribution is -2.17. The highest BCUT2D eigenvalue weighted by molar-refractivity contribution is 9.10. The molecule has 2 rings (SSSR count). The molecule has 0 atom stereocenters. The Morgan fingerprint density at radius 2 is 2.10 bits per heavy atom. The second kappa shape index (κ2) is 6.72. The molecular weight excluding hydrogens is 330 g/mol. The zero-order valence-electron chi connectivity index (χ0n) is 12.3. The number of rotatable bonds is 4. The predicted molar refractivity (Wildman–Crippen MR) is 88.8 cm³/mol. The van der Waals surface area contributed by atoms with Gasteiger partial charge in [0.15, 0.2) is 0 Å². The van der Waals surface area contributed by atoms with E-state index >= 15 is 0 Å². The van der Waals surface area contributed by atoms with Gasteiger partial charge in [-0.2, -0.15) is 5.10 Å². The van der Waals surface area contributed by atoms with E-state index < -0.39 is 0 Å². The van der Waals surface area contributed by atoms with Crippen LogP contribution < -0.4 is 5.43 Å². The van der Waals surface area contributed by atoms with Gasteiger partial charge in [-0.1, -0.05) is 12.1 Å². The number of nitrogens with one attached hydrogen (secondary N) is 1. The standard InChI is InChI=1S/C16H18BrN3O/c1-11(2)20-10-13(8-12(20)3)9-18-19-16(21)14-6-4-5-7-15(14)17/h4-11H,1-3H3,(H,19,21)/b18-9-. The van der Waals surface area contributed by atoms with Gasteiger partial charge in [0.25, 0.3) is 5.91 Å². The van der Waals surface area contributed by atoms with Crippen LogP contribution in [0.2, 0.25) is 0 Å². The molecule has 0 spiro atoms. The summed E-state index contributed by atoms with van der Waals surface area (Å²) in [5.41, 5.74) is 5.23. The van der Waals surface area contributed by atoms with Crippen molar-refractivity contribution in [2.24, 2.45) is 5.10 Å². The van der Waals surface area contributed by atoms with Crippen LogP contribution in [0.1, 0.15) is 41.5 Å². The minimum absolute atomic E-state index is 0.237. The highest BCUT2D eigenvalue weighted by Gasteiger charge is 2.08. The van der Waals surface area contributed by atoms with Crippen molar-refractivity contribution in [1.29, 1.82) is 0 Å². The summed E-state index contributed by atoms with van der Waals surface area (Å²) in [5.74, 6) is -0.237. The molecule has 1 amide bonds. The van der Waals surface area contributed by atoms with Gasteiger partial charge in [-0.3, -0.25) is 4.79 Å². The van der Waals surface area contributed by atoms with Gasteiger partial charge < -0.3 is 4.57 Å². The molecule has 1 N–H and O–H groups in total. The van der Waals surface area contributed by atoms with Crippen LogP contribution in [0.4, 0.5) is 0 Å². The average Bonchev–Trinajstić information content (AvgIpc) is 2.80. The summed E-state index contributed by atoms with van der Waals surface area (Å²) in [6.07, 6.45) is 3.68. The molecule has 1 aromatic carbocycles. The molecule has 0 radical (unpaired) electrons. The summed E-state index contributed by atoms with van der Waals surface area (Å²) in [5, 5.41) is 4.01. The van der Waals surface area contributed by atoms with Crippen LogP contribution in [0.25, 0.3) is 0 Å². The highest BCUT2D eigenvalue weighted by atomic mass is 79.9. The van der Waals surface area contributed by atoms with Gasteiger partial charge in [0.1, 0.15) is 0 Å². The van der Waals surface area contributed by atoms with E-state index in [1.54, 1.807) is 12.3 Å². The lowest BCUT2D eigenvalue weighted by Gasteiger charge is -2.08. The zero-order valence-corrected chi connectivity index (χ0v) is 13.9. The van der Waals surface area contributed by atoms with E-state index in [2.05, 4.69) is 51.8 Å². The van der Waals surface area contributed by atoms with E-state index in [0.717, 1.165) is 10.0 Å². The lowest BCUT2D eigenvalue weighted by atomic mass is 10.2. The molecule has 0 unspecified atom stereocenters. The number of aromatic nitrogens is 1. The third-order valence-electron chi connectivity index (χ3n) is 3.13. The fraction of sp³-hybridized carbons (Fsp3) is 0.250. The molecule has 5 heteroatoms. The van der Waals surface area contributed by atoms with E-state index in [1.807, 2.05) is 30.5 Å². The minimum atomic E-state index is -0.237. The van der Waals surface area contributed by atoms with Crippen LogP contribution in [0.15, 0.2) is 46.1 Å². The van der Waals surface area contributed by atoms with Gasteiger partial charge in [0.2, 0.25) is 0 Å². The molecule has 0 aliphatic carbocycles. The number of halogens is 1. The molecule has 4 nitrogen and oxygen atoms in total. The Bertz CT molecular complexity index is 674. The molecule has 21 heavy (non-hydrogen) atoms. The topological polar surface area (TPSA) is 46.4 Å². The van der Waals surface area contributed by atoms with Crippen LogP contribution in [-0.2, 0) is 0 Å². The van der Waals surface area contributed by atoms with Crippen molar-refractivity contribution < 1.29 is 4.79 Å². The number of nitrogens with zero attached hydrogens (tertiary/aromatic N) is 2. The minimum Gasteiger partial charge on any atom is -0.349 e. The first-order valence-corrected chi connectivity index (χ1v) is 7.54. The number of carbonyl (C=O) groups excluding carboxylic acids is 1. The molecule has 1 aromatic heterocycles. The Hall–Kier alpha value is -1.88. The second-order valence-corrected chi connectivity index (χ2v) is 5.95. The third-order valence-corrected chi connectivity index (χ3v) is 3.82. The Labute approximate surface area is 133 Å². The smallest absolute Gasteiger partial charge is 0.272 e. The van der Waals surface area contributed by atoms with Crippen molar-refractivity contribution in [2.45, 2.75) is 26.8 Å². The SMILES string of the molecule is Cc1cc(/C=N\NC(=O)c2ccccc2Br)cn1C(C)C. The first-order chi connectivity index (χ1) is 9.99. The Balaban J connectivity index is 2.04. The molecule has 0 saturated heterocycles. The van der Waals surface area contributed by atoms with Crippen molar-refractivity contribution in [2.75, 3.05) is 0 Å². The second-order valence-electron chi connectivity index (χ2n) is 5.09. The summed E-state index contributed by atoms with van der Waals surface area (Å²) < 4.78 is 2.91. The van der Waals surface area contributed by atoms with Crippen LogP contribution in [0.3, 0.4) is 0 Å². The quantitative estimate of drug-likeness (QED) is 0.661. The van der Waals surface area contributed by atoms with Gasteiger partial charge in [0, 0.05) is 28.0 Å². The normalized spacial score (nSPS) is 11.3. The number of carbonyl (C=O) groups is 1. The maximum absolute atomic E-state index is 12.0. The predicted octanol–water partition coefficient (Wildman–Crippen LogP) is 3.90. The summed E-state index contributed by atoms with van der Waals surface area (Å²) in [6, 6.07) is 9.69. The number of hydrogen-bond acceptors (Lipinski definition) is 2. The monoisotopic (exact) mass is 347 g/mol. The van der Waals surface area contributed by atoms with Crippen LogP contribution in [-0.4, -0.2) is 16.7 Å². The molecule has 2 aromatic rings. The Morgan fingerprint density at radius 1 is 1.38 bits per heavy atom. The van der Waals surface area contributed by atoms with Crippen molar-refractivity contribution in [1.82, 2.24) is 9.99 Å². The van der Waals surface area contributed by atoms with E-state index in [9.17, 15) is 4.79 Å². The third kappa shape index (κ3) is 3.82. The highest BCUT2D eigenvalue weighted by Crippen LogP contribution is 2.15. The molecule has 0 aliphatic heterocycles. The Morgan fingerprint density at radius 3 is 2.71 bits per heavy atom. The molecule has 0 aliphatic rings. The number of amides is 1. The van der Waals surface area contributed by atoms with Gasteiger partial charge in [-0.05, 0) is 54.9 Å². The molecule has 0 bridgehead atoms. The Kier molecular flexibility index (Phi) is 4.96. The molecule has 0 fully saturated rings. The maximum atomic E-state index is 12.0. The lowest BCUT2D eigenvalue weighted by molar-refractivity contribution is 0.0954. The number of hydrazone groups is 1. The zero-order chi connectivity index (χ0) is 15.4. The number of hydrogen-bond donors (Lipinski definition) is 1. The van der Waals surface area contributed by atoms with Crippen LogP contribution in [0, 0.1) is 6.92 Å². The van der Waals surface area contributed by atoms with Crippen LogP contribution >= 0.6 is 15.9 Å². The summed E-state index contributed by atoms with van der Waals surface area (Å²) in [6.45, 7) is 6.31. The van der Waals surface area contributed by atoms with E-state index in [4.69, 9.17) is 0 Å². The number of aryl methyl sites for hydroxylation is 1. The molecular formula is C16H18BrN3O. The summed E-state index contributed by atoms with van der Waals surface area (Å²) in [4.78, 5) is 12.0. The molecule has 1 heterocycles. The van der Waals surface area contributed by atoms with Crippen molar-refractivity contribution in [3.8, 4) is 0 Å². The van der Waals surface area contributed by atoms with Gasteiger partial charge in [-0.25, -0.2) is 5.43 Å².